The van der Waals surface area contributed by atoms with Gasteiger partial charge in [-0.2, -0.15) is 0 Å². The largest absolute Gasteiger partial charge is 0.361 e. The first kappa shape index (κ1) is 18.5. The first-order chi connectivity index (χ1) is 13.4. The van der Waals surface area contributed by atoms with Crippen LogP contribution in [0.3, 0.4) is 0 Å². The minimum absolute atomic E-state index is 0.187. The summed E-state index contributed by atoms with van der Waals surface area (Å²) in [4.78, 5) is 41.4. The molecule has 0 radical (unpaired) electrons. The summed E-state index contributed by atoms with van der Waals surface area (Å²) >= 11 is 0. The van der Waals surface area contributed by atoms with Crippen molar-refractivity contribution >= 4 is 28.7 Å². The van der Waals surface area contributed by atoms with Crippen LogP contribution in [0.4, 0.5) is 4.79 Å². The van der Waals surface area contributed by atoms with Gasteiger partial charge in [0.1, 0.15) is 12.1 Å². The van der Waals surface area contributed by atoms with Crippen LogP contribution < -0.4 is 10.6 Å². The summed E-state index contributed by atoms with van der Waals surface area (Å²) in [5.74, 6) is -0.427. The molecule has 1 atom stereocenters. The molecule has 1 saturated heterocycles. The van der Waals surface area contributed by atoms with Crippen LogP contribution in [0.2, 0.25) is 0 Å². The molecule has 2 aliphatic rings. The van der Waals surface area contributed by atoms with E-state index < -0.39 is 11.6 Å². The Morgan fingerprint density at radius 3 is 2.79 bits per heavy atom. The fourth-order valence-corrected chi connectivity index (χ4v) is 4.11. The number of carbonyl (C=O) groups excluding carboxylic acids is 3. The number of hydrogen-bond acceptors (Lipinski definition) is 3. The van der Waals surface area contributed by atoms with Crippen molar-refractivity contribution < 1.29 is 14.4 Å². The monoisotopic (exact) mass is 382 g/mol. The van der Waals surface area contributed by atoms with Crippen LogP contribution in [0, 0.1) is 5.92 Å². The average molecular weight is 382 g/mol. The maximum absolute atomic E-state index is 12.6. The molecular formula is C21H26N4O3. The van der Waals surface area contributed by atoms with Gasteiger partial charge in [0.05, 0.1) is 0 Å². The zero-order valence-corrected chi connectivity index (χ0v) is 16.3. The van der Waals surface area contributed by atoms with E-state index in [9.17, 15) is 14.4 Å². The summed E-state index contributed by atoms with van der Waals surface area (Å²) < 4.78 is 0. The smallest absolute Gasteiger partial charge is 0.325 e. The van der Waals surface area contributed by atoms with Crippen molar-refractivity contribution in [3.8, 4) is 0 Å². The third kappa shape index (κ3) is 3.15. The highest BCUT2D eigenvalue weighted by Gasteiger charge is 2.56. The number of aryl methyl sites for hydroxylation is 1. The van der Waals surface area contributed by atoms with Crippen LogP contribution in [-0.2, 0) is 22.4 Å². The lowest BCUT2D eigenvalue weighted by atomic mass is 9.96. The molecule has 4 rings (SSSR count). The van der Waals surface area contributed by atoms with E-state index in [0.717, 1.165) is 35.2 Å². The number of imide groups is 1. The fourth-order valence-electron chi connectivity index (χ4n) is 4.11. The van der Waals surface area contributed by atoms with Crippen molar-refractivity contribution in [2.75, 3.05) is 13.1 Å². The van der Waals surface area contributed by atoms with E-state index in [1.54, 1.807) is 6.92 Å². The third-order valence-corrected chi connectivity index (χ3v) is 5.98. The highest BCUT2D eigenvalue weighted by molar-refractivity contribution is 6.09. The van der Waals surface area contributed by atoms with Crippen molar-refractivity contribution in [3.05, 3.63) is 35.5 Å². The summed E-state index contributed by atoms with van der Waals surface area (Å²) in [6.07, 6.45) is 5.49. The van der Waals surface area contributed by atoms with Crippen LogP contribution >= 0.6 is 0 Å². The Balaban J connectivity index is 1.33. The zero-order valence-electron chi connectivity index (χ0n) is 16.3. The molecule has 4 amide bonds. The Labute approximate surface area is 163 Å². The summed E-state index contributed by atoms with van der Waals surface area (Å²) in [5.41, 5.74) is 2.70. The highest BCUT2D eigenvalue weighted by atomic mass is 16.2. The second-order valence-electron chi connectivity index (χ2n) is 7.91. The van der Waals surface area contributed by atoms with Gasteiger partial charge in [-0.15, -0.1) is 0 Å². The number of carbonyl (C=O) groups is 3. The van der Waals surface area contributed by atoms with Gasteiger partial charge < -0.3 is 15.6 Å². The minimum Gasteiger partial charge on any atom is -0.361 e. The van der Waals surface area contributed by atoms with E-state index in [1.807, 2.05) is 12.3 Å². The number of nitrogens with one attached hydrogen (secondary N) is 3. The maximum atomic E-state index is 12.6. The summed E-state index contributed by atoms with van der Waals surface area (Å²) in [6.45, 7) is 4.09. The van der Waals surface area contributed by atoms with Crippen molar-refractivity contribution in [3.63, 3.8) is 0 Å². The van der Waals surface area contributed by atoms with Crippen molar-refractivity contribution in [1.82, 2.24) is 20.5 Å². The molecule has 0 bridgehead atoms. The fraction of sp³-hybridized carbons (Fsp3) is 0.476. The summed E-state index contributed by atoms with van der Waals surface area (Å²) in [7, 11) is 0. The van der Waals surface area contributed by atoms with E-state index in [2.05, 4.69) is 34.7 Å². The predicted octanol–water partition coefficient (Wildman–Crippen LogP) is 2.11. The van der Waals surface area contributed by atoms with Gasteiger partial charge in [-0.1, -0.05) is 25.1 Å². The Morgan fingerprint density at radius 2 is 2.07 bits per heavy atom. The molecule has 1 unspecified atom stereocenters. The average Bonchev–Trinajstić information content (AvgIpc) is 3.43. The summed E-state index contributed by atoms with van der Waals surface area (Å²) in [5, 5.41) is 6.76. The number of aromatic amines is 1. The van der Waals surface area contributed by atoms with Crippen molar-refractivity contribution in [1.29, 1.82) is 0 Å². The molecule has 2 heterocycles. The Bertz CT molecular complexity index is 946. The molecule has 2 fully saturated rings. The molecule has 1 aliphatic carbocycles. The van der Waals surface area contributed by atoms with Gasteiger partial charge in [-0.25, -0.2) is 4.79 Å². The SMILES string of the molecule is CCc1cccc2c(CCNC(=O)CN3C(=O)NC(C)(C4CC4)C3=O)c[nH]c12. The molecule has 7 heteroatoms. The molecule has 28 heavy (non-hydrogen) atoms. The third-order valence-electron chi connectivity index (χ3n) is 5.98. The van der Waals surface area contributed by atoms with Gasteiger partial charge in [0, 0.05) is 23.6 Å². The number of hydrogen-bond donors (Lipinski definition) is 3. The van der Waals surface area contributed by atoms with E-state index in [-0.39, 0.29) is 24.3 Å². The molecule has 1 aromatic heterocycles. The number of benzene rings is 1. The van der Waals surface area contributed by atoms with E-state index in [4.69, 9.17) is 0 Å². The van der Waals surface area contributed by atoms with Gasteiger partial charge in [0.15, 0.2) is 0 Å². The van der Waals surface area contributed by atoms with E-state index in [0.29, 0.717) is 13.0 Å². The minimum atomic E-state index is -0.849. The van der Waals surface area contributed by atoms with Gasteiger partial charge in [0.2, 0.25) is 5.91 Å². The maximum Gasteiger partial charge on any atom is 0.325 e. The lowest BCUT2D eigenvalue weighted by Crippen LogP contribution is -2.47. The van der Waals surface area contributed by atoms with E-state index in [1.165, 1.54) is 10.9 Å². The quantitative estimate of drug-likeness (QED) is 0.640. The van der Waals surface area contributed by atoms with E-state index >= 15 is 0 Å². The van der Waals surface area contributed by atoms with Crippen LogP contribution in [0.15, 0.2) is 24.4 Å². The molecule has 1 aromatic carbocycles. The number of H-pyrrole nitrogens is 1. The second kappa shape index (κ2) is 6.96. The molecule has 0 spiro atoms. The number of rotatable bonds is 7. The Hall–Kier alpha value is -2.83. The lowest BCUT2D eigenvalue weighted by molar-refractivity contribution is -0.135. The molecule has 148 valence electrons. The Kier molecular flexibility index (Phi) is 4.61. The normalized spacial score (nSPS) is 22.0. The molecule has 1 saturated carbocycles. The topological polar surface area (TPSA) is 94.3 Å². The van der Waals surface area contributed by atoms with Gasteiger partial charge in [-0.05, 0) is 49.7 Å². The van der Waals surface area contributed by atoms with Gasteiger partial charge in [-0.3, -0.25) is 14.5 Å². The summed E-state index contributed by atoms with van der Waals surface area (Å²) in [6, 6.07) is 5.76. The molecule has 7 nitrogen and oxygen atoms in total. The van der Waals surface area contributed by atoms with Gasteiger partial charge in [0.25, 0.3) is 5.91 Å². The van der Waals surface area contributed by atoms with Crippen LogP contribution in [0.25, 0.3) is 10.9 Å². The number of amides is 4. The van der Waals surface area contributed by atoms with Crippen LogP contribution in [-0.4, -0.2) is 46.4 Å². The van der Waals surface area contributed by atoms with Crippen LogP contribution in [0.5, 0.6) is 0 Å². The Morgan fingerprint density at radius 1 is 1.29 bits per heavy atom. The number of nitrogens with zero attached hydrogens (tertiary/aromatic N) is 1. The molecule has 2 aromatic rings. The van der Waals surface area contributed by atoms with Gasteiger partial charge >= 0.3 is 6.03 Å². The number of fused-ring (bicyclic) bond motifs is 1. The zero-order chi connectivity index (χ0) is 19.9. The highest BCUT2D eigenvalue weighted by Crippen LogP contribution is 2.42. The number of aromatic nitrogens is 1. The van der Waals surface area contributed by atoms with Crippen LogP contribution in [0.1, 0.15) is 37.8 Å². The first-order valence-corrected chi connectivity index (χ1v) is 9.92. The van der Waals surface area contributed by atoms with Crippen molar-refractivity contribution in [2.24, 2.45) is 5.92 Å². The standard InChI is InChI=1S/C21H26N4O3/c1-3-13-5-4-6-16-14(11-23-18(13)16)9-10-22-17(26)12-25-19(27)21(2,15-7-8-15)24-20(25)28/h4-6,11,15,23H,3,7-10,12H2,1-2H3,(H,22,26)(H,24,28). The molecule has 3 N–H and O–H groups in total. The predicted molar refractivity (Wildman–Crippen MR) is 106 cm³/mol. The second-order valence-corrected chi connectivity index (χ2v) is 7.91. The lowest BCUT2D eigenvalue weighted by Gasteiger charge is -2.20. The molecule has 1 aliphatic heterocycles. The molecular weight excluding hydrogens is 356 g/mol. The van der Waals surface area contributed by atoms with Crippen molar-refractivity contribution in [2.45, 2.75) is 45.1 Å². The number of urea groups is 1. The first-order valence-electron chi connectivity index (χ1n) is 9.92. The number of para-hydroxylation sites is 1.